The van der Waals surface area contributed by atoms with Crippen molar-refractivity contribution in [1.29, 1.82) is 0 Å². The molecule has 7 nitrogen and oxygen atoms in total. The number of sulfonamides is 1. The number of benzene rings is 1. The lowest BCUT2D eigenvalue weighted by Crippen LogP contribution is -2.41. The number of thiazole rings is 1. The number of nitrogens with zero attached hydrogens (tertiary/aromatic N) is 2. The number of rotatable bonds is 3. The molecule has 1 unspecified atom stereocenters. The number of ether oxygens (including phenoxy) is 1. The highest BCUT2D eigenvalue weighted by atomic mass is 32.2. The average Bonchev–Trinajstić information content (AvgIpc) is 2.90. The second-order valence-electron chi connectivity index (χ2n) is 5.59. The monoisotopic (exact) mass is 367 g/mol. The van der Waals surface area contributed by atoms with Crippen LogP contribution in [0.2, 0.25) is 0 Å². The standard InChI is InChI=1S/C15H17N3O4S2/c1-9-8-23-15(16-9)17-24(20,21)12-4-5-14-13(6-12)18(11(3)19)7-10(2)22-14/h4-6,8,10H,7H2,1-3H3,(H,16,17). The predicted octanol–water partition coefficient (Wildman–Crippen LogP) is 2.39. The van der Waals surface area contributed by atoms with Crippen molar-refractivity contribution < 1.29 is 17.9 Å². The van der Waals surface area contributed by atoms with Crippen molar-refractivity contribution in [2.75, 3.05) is 16.2 Å². The number of anilines is 2. The molecule has 9 heteroatoms. The molecule has 1 aliphatic heterocycles. The van der Waals surface area contributed by atoms with Crippen molar-refractivity contribution in [2.24, 2.45) is 0 Å². The number of nitrogens with one attached hydrogen (secondary N) is 1. The van der Waals surface area contributed by atoms with Gasteiger partial charge in [0.05, 0.1) is 22.8 Å². The summed E-state index contributed by atoms with van der Waals surface area (Å²) in [6.07, 6.45) is -0.153. The first-order valence-electron chi connectivity index (χ1n) is 7.30. The molecule has 1 atom stereocenters. The molecule has 0 spiro atoms. The molecule has 1 aromatic carbocycles. The van der Waals surface area contributed by atoms with Crippen LogP contribution in [0.4, 0.5) is 10.8 Å². The van der Waals surface area contributed by atoms with Gasteiger partial charge in [-0.05, 0) is 32.0 Å². The molecular formula is C15H17N3O4S2. The molecule has 1 amide bonds. The summed E-state index contributed by atoms with van der Waals surface area (Å²) in [7, 11) is -3.79. The number of aryl methyl sites for hydroxylation is 1. The van der Waals surface area contributed by atoms with E-state index in [1.807, 2.05) is 6.92 Å². The van der Waals surface area contributed by atoms with Gasteiger partial charge in [-0.3, -0.25) is 9.52 Å². The highest BCUT2D eigenvalue weighted by molar-refractivity contribution is 7.93. The van der Waals surface area contributed by atoms with Crippen LogP contribution in [0.25, 0.3) is 0 Å². The maximum Gasteiger partial charge on any atom is 0.263 e. The predicted molar refractivity (Wildman–Crippen MR) is 92.2 cm³/mol. The van der Waals surface area contributed by atoms with Crippen molar-refractivity contribution in [3.8, 4) is 5.75 Å². The van der Waals surface area contributed by atoms with Gasteiger partial charge in [0.2, 0.25) is 5.91 Å². The summed E-state index contributed by atoms with van der Waals surface area (Å²) >= 11 is 1.21. The van der Waals surface area contributed by atoms with E-state index < -0.39 is 10.0 Å². The van der Waals surface area contributed by atoms with Gasteiger partial charge in [-0.2, -0.15) is 0 Å². The Labute approximate surface area is 144 Å². The highest BCUT2D eigenvalue weighted by Gasteiger charge is 2.28. The van der Waals surface area contributed by atoms with Crippen molar-refractivity contribution in [1.82, 2.24) is 4.98 Å². The summed E-state index contributed by atoms with van der Waals surface area (Å²) in [6, 6.07) is 4.48. The summed E-state index contributed by atoms with van der Waals surface area (Å²) in [5, 5.41) is 2.07. The van der Waals surface area contributed by atoms with Gasteiger partial charge < -0.3 is 9.64 Å². The molecule has 1 aliphatic rings. The van der Waals surface area contributed by atoms with Crippen molar-refractivity contribution in [2.45, 2.75) is 31.8 Å². The molecule has 1 N–H and O–H groups in total. The largest absolute Gasteiger partial charge is 0.487 e. The quantitative estimate of drug-likeness (QED) is 0.900. The minimum atomic E-state index is -3.79. The number of carbonyl (C=O) groups excluding carboxylic acids is 1. The Morgan fingerprint density at radius 2 is 2.21 bits per heavy atom. The molecule has 0 saturated heterocycles. The van der Waals surface area contributed by atoms with Crippen molar-refractivity contribution in [3.63, 3.8) is 0 Å². The van der Waals surface area contributed by atoms with E-state index in [9.17, 15) is 13.2 Å². The Balaban J connectivity index is 1.98. The molecular weight excluding hydrogens is 350 g/mol. The zero-order valence-electron chi connectivity index (χ0n) is 13.4. The third-order valence-corrected chi connectivity index (χ3v) is 5.86. The minimum absolute atomic E-state index is 0.0542. The number of hydrogen-bond acceptors (Lipinski definition) is 6. The summed E-state index contributed by atoms with van der Waals surface area (Å²) in [5.74, 6) is 0.331. The summed E-state index contributed by atoms with van der Waals surface area (Å²) in [5.41, 5.74) is 1.20. The fraction of sp³-hybridized carbons (Fsp3) is 0.333. The van der Waals surface area contributed by atoms with E-state index in [4.69, 9.17) is 4.74 Å². The fourth-order valence-corrected chi connectivity index (χ4v) is 4.42. The van der Waals surface area contributed by atoms with Gasteiger partial charge in [-0.1, -0.05) is 0 Å². The molecule has 24 heavy (non-hydrogen) atoms. The number of carbonyl (C=O) groups is 1. The third kappa shape index (κ3) is 3.22. The van der Waals surface area contributed by atoms with Gasteiger partial charge in [0.1, 0.15) is 11.9 Å². The van der Waals surface area contributed by atoms with Crippen LogP contribution in [0, 0.1) is 6.92 Å². The SMILES string of the molecule is CC(=O)N1CC(C)Oc2ccc(S(=O)(=O)Nc3nc(C)cs3)cc21. The molecule has 0 bridgehead atoms. The van der Waals surface area contributed by atoms with Gasteiger partial charge in [0, 0.05) is 12.3 Å². The van der Waals surface area contributed by atoms with E-state index in [2.05, 4.69) is 9.71 Å². The molecule has 0 radical (unpaired) electrons. The number of fused-ring (bicyclic) bond motifs is 1. The van der Waals surface area contributed by atoms with Crippen molar-refractivity contribution in [3.05, 3.63) is 29.3 Å². The molecule has 0 fully saturated rings. The van der Waals surface area contributed by atoms with E-state index in [0.717, 1.165) is 5.69 Å². The fourth-order valence-electron chi connectivity index (χ4n) is 2.46. The van der Waals surface area contributed by atoms with Crippen LogP contribution in [-0.2, 0) is 14.8 Å². The van der Waals surface area contributed by atoms with Crippen LogP contribution >= 0.6 is 11.3 Å². The summed E-state index contributed by atoms with van der Waals surface area (Å²) in [6.45, 7) is 5.47. The highest BCUT2D eigenvalue weighted by Crippen LogP contribution is 2.36. The lowest BCUT2D eigenvalue weighted by atomic mass is 10.2. The van der Waals surface area contributed by atoms with E-state index in [-0.39, 0.29) is 16.9 Å². The Morgan fingerprint density at radius 3 is 2.83 bits per heavy atom. The second kappa shape index (κ2) is 6.06. The summed E-state index contributed by atoms with van der Waals surface area (Å²) in [4.78, 5) is 17.5. The number of hydrogen-bond donors (Lipinski definition) is 1. The van der Waals surface area contributed by atoms with E-state index in [1.165, 1.54) is 35.3 Å². The maximum absolute atomic E-state index is 12.5. The topological polar surface area (TPSA) is 88.6 Å². The molecule has 2 heterocycles. The first kappa shape index (κ1) is 16.7. The second-order valence-corrected chi connectivity index (χ2v) is 8.13. The molecule has 128 valence electrons. The van der Waals surface area contributed by atoms with Gasteiger partial charge in [0.25, 0.3) is 10.0 Å². The maximum atomic E-state index is 12.5. The molecule has 1 aromatic heterocycles. The zero-order valence-corrected chi connectivity index (χ0v) is 15.1. The first-order valence-corrected chi connectivity index (χ1v) is 9.66. The normalized spacial score (nSPS) is 17.1. The van der Waals surface area contributed by atoms with E-state index in [1.54, 1.807) is 18.4 Å². The van der Waals surface area contributed by atoms with Crippen LogP contribution in [0.5, 0.6) is 5.75 Å². The van der Waals surface area contributed by atoms with Crippen LogP contribution < -0.4 is 14.4 Å². The van der Waals surface area contributed by atoms with E-state index in [0.29, 0.717) is 23.1 Å². The van der Waals surface area contributed by atoms with Crippen LogP contribution in [-0.4, -0.2) is 32.0 Å². The van der Waals surface area contributed by atoms with Gasteiger partial charge in [0.15, 0.2) is 5.13 Å². The Kier molecular flexibility index (Phi) is 4.22. The van der Waals surface area contributed by atoms with E-state index >= 15 is 0 Å². The third-order valence-electron chi connectivity index (χ3n) is 3.52. The minimum Gasteiger partial charge on any atom is -0.487 e. The lowest BCUT2D eigenvalue weighted by molar-refractivity contribution is -0.117. The number of aromatic nitrogens is 1. The lowest BCUT2D eigenvalue weighted by Gasteiger charge is -2.33. The van der Waals surface area contributed by atoms with Crippen molar-refractivity contribution >= 4 is 38.1 Å². The van der Waals surface area contributed by atoms with Crippen LogP contribution in [0.3, 0.4) is 0 Å². The van der Waals surface area contributed by atoms with Crippen LogP contribution in [0.1, 0.15) is 19.5 Å². The molecule has 2 aromatic rings. The molecule has 3 rings (SSSR count). The zero-order chi connectivity index (χ0) is 17.5. The Morgan fingerprint density at radius 1 is 1.46 bits per heavy atom. The smallest absolute Gasteiger partial charge is 0.263 e. The van der Waals surface area contributed by atoms with Gasteiger partial charge in [-0.15, -0.1) is 11.3 Å². The number of amides is 1. The first-order chi connectivity index (χ1) is 11.3. The average molecular weight is 367 g/mol. The molecule has 0 saturated carbocycles. The van der Waals surface area contributed by atoms with Gasteiger partial charge in [-0.25, -0.2) is 13.4 Å². The Hall–Kier alpha value is -2.13. The van der Waals surface area contributed by atoms with Crippen LogP contribution in [0.15, 0.2) is 28.5 Å². The molecule has 0 aliphatic carbocycles. The Bertz CT molecular complexity index is 892. The summed E-state index contributed by atoms with van der Waals surface area (Å²) < 4.78 is 33.2. The van der Waals surface area contributed by atoms with Gasteiger partial charge >= 0.3 is 0 Å².